The highest BCUT2D eigenvalue weighted by Gasteiger charge is 1.86. The third kappa shape index (κ3) is 0.855. The smallest absolute Gasteiger partial charge is 0.0918 e. The Balaban J connectivity index is 2.79. The first kappa shape index (κ1) is 4.86. The van der Waals surface area contributed by atoms with Crippen LogP contribution in [0.25, 0.3) is 0 Å². The molecule has 0 spiro atoms. The average molecular weight is 103 g/mol. The van der Waals surface area contributed by atoms with Crippen LogP contribution in [-0.4, -0.2) is 0 Å². The molecule has 1 aliphatic carbocycles. The van der Waals surface area contributed by atoms with E-state index in [1.54, 1.807) is 0 Å². The first-order chi connectivity index (χ1) is 3.93. The van der Waals surface area contributed by atoms with Gasteiger partial charge >= 0.3 is 0 Å². The van der Waals surface area contributed by atoms with Gasteiger partial charge in [0, 0.05) is 6.08 Å². The van der Waals surface area contributed by atoms with Crippen LogP contribution in [0.3, 0.4) is 0 Å². The molecule has 0 N–H and O–H groups in total. The molecule has 38 valence electrons. The van der Waals surface area contributed by atoms with E-state index in [2.05, 4.69) is 0 Å². The Hall–Kier alpha value is -1.29. The number of allylic oxidation sites excluding steroid dienone is 6. The van der Waals surface area contributed by atoms with E-state index in [0.717, 1.165) is 5.57 Å². The van der Waals surface area contributed by atoms with Crippen LogP contribution >= 0.6 is 0 Å². The molecule has 8 heavy (non-hydrogen) atoms. The van der Waals surface area contributed by atoms with Crippen LogP contribution in [0.1, 0.15) is 0 Å². The summed E-state index contributed by atoms with van der Waals surface area (Å²) in [7, 11) is 0. The van der Waals surface area contributed by atoms with E-state index >= 15 is 0 Å². The third-order valence-corrected chi connectivity index (χ3v) is 0.920. The molecule has 1 aliphatic rings. The molecule has 1 rings (SSSR count). The molecular weight excluding hydrogens is 98.1 g/mol. The highest BCUT2D eigenvalue weighted by atomic mass is 14.2. The van der Waals surface area contributed by atoms with Crippen molar-refractivity contribution < 1.29 is 0 Å². The SMILES string of the molecule is N#CC=C1C=CC=C1. The Kier molecular flexibility index (Phi) is 1.29. The molecule has 0 aromatic heterocycles. The topological polar surface area (TPSA) is 23.8 Å². The maximum atomic E-state index is 8.13. The van der Waals surface area contributed by atoms with Crippen LogP contribution in [0.2, 0.25) is 0 Å². The van der Waals surface area contributed by atoms with Gasteiger partial charge in [-0.15, -0.1) is 0 Å². The van der Waals surface area contributed by atoms with Gasteiger partial charge in [0.1, 0.15) is 0 Å². The second-order valence-corrected chi connectivity index (χ2v) is 1.49. The Morgan fingerprint density at radius 3 is 2.50 bits per heavy atom. The third-order valence-electron chi connectivity index (χ3n) is 0.920. The van der Waals surface area contributed by atoms with Gasteiger partial charge in [0.05, 0.1) is 6.07 Å². The van der Waals surface area contributed by atoms with Crippen molar-refractivity contribution in [3.63, 3.8) is 0 Å². The first-order valence-corrected chi connectivity index (χ1v) is 2.38. The molecule has 1 nitrogen and oxygen atoms in total. The minimum Gasteiger partial charge on any atom is -0.193 e. The van der Waals surface area contributed by atoms with Gasteiger partial charge in [0.2, 0.25) is 0 Å². The lowest BCUT2D eigenvalue weighted by atomic mass is 10.3. The Morgan fingerprint density at radius 1 is 1.38 bits per heavy atom. The van der Waals surface area contributed by atoms with Crippen LogP contribution in [0.4, 0.5) is 0 Å². The zero-order chi connectivity index (χ0) is 5.82. The molecule has 0 atom stereocenters. The Morgan fingerprint density at radius 2 is 2.00 bits per heavy atom. The maximum absolute atomic E-state index is 8.13. The number of hydrogen-bond acceptors (Lipinski definition) is 1. The van der Waals surface area contributed by atoms with Crippen LogP contribution in [0.15, 0.2) is 36.0 Å². The van der Waals surface area contributed by atoms with Crippen molar-refractivity contribution in [3.05, 3.63) is 36.0 Å². The lowest BCUT2D eigenvalue weighted by molar-refractivity contribution is 1.52. The molecule has 0 saturated carbocycles. The van der Waals surface area contributed by atoms with Gasteiger partial charge in [0.15, 0.2) is 0 Å². The van der Waals surface area contributed by atoms with Gasteiger partial charge in [-0.3, -0.25) is 0 Å². The quantitative estimate of drug-likeness (QED) is 0.427. The van der Waals surface area contributed by atoms with E-state index in [9.17, 15) is 0 Å². The summed E-state index contributed by atoms with van der Waals surface area (Å²) in [6.45, 7) is 0. The zero-order valence-electron chi connectivity index (χ0n) is 4.33. The highest BCUT2D eigenvalue weighted by Crippen LogP contribution is 2.04. The number of rotatable bonds is 0. The lowest BCUT2D eigenvalue weighted by Gasteiger charge is -1.76. The van der Waals surface area contributed by atoms with Crippen LogP contribution in [0.5, 0.6) is 0 Å². The highest BCUT2D eigenvalue weighted by molar-refractivity contribution is 5.42. The van der Waals surface area contributed by atoms with Crippen molar-refractivity contribution >= 4 is 0 Å². The van der Waals surface area contributed by atoms with Gasteiger partial charge < -0.3 is 0 Å². The van der Waals surface area contributed by atoms with E-state index < -0.39 is 0 Å². The summed E-state index contributed by atoms with van der Waals surface area (Å²) < 4.78 is 0. The summed E-state index contributed by atoms with van der Waals surface area (Å²) in [6, 6.07) is 1.95. The summed E-state index contributed by atoms with van der Waals surface area (Å²) in [5.74, 6) is 0. The standard InChI is InChI=1S/C7H5N/c8-6-5-7-3-1-2-4-7/h1-5H. The summed E-state index contributed by atoms with van der Waals surface area (Å²) in [6.07, 6.45) is 9.11. The first-order valence-electron chi connectivity index (χ1n) is 2.38. The van der Waals surface area contributed by atoms with Gasteiger partial charge in [0.25, 0.3) is 0 Å². The molecule has 0 unspecified atom stereocenters. The summed E-state index contributed by atoms with van der Waals surface area (Å²) in [5, 5.41) is 8.13. The van der Waals surface area contributed by atoms with Crippen molar-refractivity contribution in [3.8, 4) is 6.07 Å². The number of nitrogens with zero attached hydrogens (tertiary/aromatic N) is 1. The monoisotopic (exact) mass is 103 g/mol. The van der Waals surface area contributed by atoms with Gasteiger partial charge in [-0.1, -0.05) is 24.3 Å². The molecule has 0 saturated heterocycles. The predicted molar refractivity (Wildman–Crippen MR) is 32.0 cm³/mol. The zero-order valence-corrected chi connectivity index (χ0v) is 4.33. The molecule has 0 amide bonds. The maximum Gasteiger partial charge on any atom is 0.0918 e. The van der Waals surface area contributed by atoms with E-state index in [4.69, 9.17) is 5.26 Å². The van der Waals surface area contributed by atoms with E-state index in [1.165, 1.54) is 6.08 Å². The second-order valence-electron chi connectivity index (χ2n) is 1.49. The van der Waals surface area contributed by atoms with Crippen molar-refractivity contribution in [2.24, 2.45) is 0 Å². The fourth-order valence-electron chi connectivity index (χ4n) is 0.560. The van der Waals surface area contributed by atoms with Crippen LogP contribution < -0.4 is 0 Å². The summed E-state index contributed by atoms with van der Waals surface area (Å²) >= 11 is 0. The fourth-order valence-corrected chi connectivity index (χ4v) is 0.560. The van der Waals surface area contributed by atoms with E-state index in [-0.39, 0.29) is 0 Å². The Labute approximate surface area is 48.2 Å². The summed E-state index contributed by atoms with van der Waals surface area (Å²) in [5.41, 5.74) is 0.979. The molecule has 0 radical (unpaired) electrons. The summed E-state index contributed by atoms with van der Waals surface area (Å²) in [4.78, 5) is 0. The molecule has 0 aromatic carbocycles. The van der Waals surface area contributed by atoms with E-state index in [0.29, 0.717) is 0 Å². The molecule has 0 fully saturated rings. The fraction of sp³-hybridized carbons (Fsp3) is 0. The number of hydrogen-bond donors (Lipinski definition) is 0. The van der Waals surface area contributed by atoms with Crippen LogP contribution in [-0.2, 0) is 0 Å². The second kappa shape index (κ2) is 2.13. The molecule has 1 heteroatoms. The van der Waals surface area contributed by atoms with Crippen molar-refractivity contribution in [2.45, 2.75) is 0 Å². The molecule has 0 bridgehead atoms. The molecule has 0 aromatic rings. The minimum atomic E-state index is 0.979. The predicted octanol–water partition coefficient (Wildman–Crippen LogP) is 1.56. The largest absolute Gasteiger partial charge is 0.193 e. The van der Waals surface area contributed by atoms with Crippen LogP contribution in [0, 0.1) is 11.3 Å². The van der Waals surface area contributed by atoms with Crippen molar-refractivity contribution in [1.29, 1.82) is 5.26 Å². The van der Waals surface area contributed by atoms with Crippen molar-refractivity contribution in [1.82, 2.24) is 0 Å². The normalized spacial score (nSPS) is 14.1. The number of nitriles is 1. The lowest BCUT2D eigenvalue weighted by Crippen LogP contribution is -1.60. The van der Waals surface area contributed by atoms with Crippen molar-refractivity contribution in [2.75, 3.05) is 0 Å². The Bertz CT molecular complexity index is 187. The molecule has 0 aliphatic heterocycles. The van der Waals surface area contributed by atoms with Gasteiger partial charge in [-0.2, -0.15) is 5.26 Å². The van der Waals surface area contributed by atoms with Gasteiger partial charge in [-0.05, 0) is 5.57 Å². The average Bonchev–Trinajstić information content (AvgIpc) is 2.19. The van der Waals surface area contributed by atoms with Gasteiger partial charge in [-0.25, -0.2) is 0 Å². The molecular formula is C7H5N. The minimum absolute atomic E-state index is 0.979. The van der Waals surface area contributed by atoms with E-state index in [1.807, 2.05) is 30.4 Å². The molecule has 0 heterocycles.